The molecule has 88 valence electrons. The Balaban J connectivity index is 2.34. The molecule has 1 unspecified atom stereocenters. The average molecular weight is 294 g/mol. The predicted molar refractivity (Wildman–Crippen MR) is 61.0 cm³/mol. The van der Waals surface area contributed by atoms with Crippen molar-refractivity contribution >= 4 is 21.6 Å². The average Bonchev–Trinajstić information content (AvgIpc) is 2.64. The molecule has 1 fully saturated rings. The van der Waals surface area contributed by atoms with Gasteiger partial charge in [0.25, 0.3) is 0 Å². The monoisotopic (exact) mass is 293 g/mol. The summed E-state index contributed by atoms with van der Waals surface area (Å²) >= 11 is 3.43. The third-order valence-electron chi connectivity index (χ3n) is 2.68. The van der Waals surface area contributed by atoms with Crippen molar-refractivity contribution < 1.29 is 13.2 Å². The van der Waals surface area contributed by atoms with Gasteiger partial charge in [-0.25, -0.2) is 0 Å². The quantitative estimate of drug-likeness (QED) is 0.714. The SMILES string of the molecule is FC(F)(F)c1ccccc1N1CCC(Br)C1. The normalized spacial score (nSPS) is 21.5. The number of rotatable bonds is 1. The van der Waals surface area contributed by atoms with Crippen molar-refractivity contribution in [3.8, 4) is 0 Å². The lowest BCUT2D eigenvalue weighted by atomic mass is 10.1. The third kappa shape index (κ3) is 2.34. The van der Waals surface area contributed by atoms with E-state index in [0.29, 0.717) is 13.1 Å². The van der Waals surface area contributed by atoms with Crippen molar-refractivity contribution in [1.29, 1.82) is 0 Å². The fraction of sp³-hybridized carbons (Fsp3) is 0.455. The molecule has 5 heteroatoms. The molecule has 1 aromatic rings. The second kappa shape index (κ2) is 4.28. The van der Waals surface area contributed by atoms with E-state index in [1.54, 1.807) is 11.0 Å². The van der Waals surface area contributed by atoms with Crippen LogP contribution in [0.2, 0.25) is 0 Å². The lowest BCUT2D eigenvalue weighted by Gasteiger charge is -2.22. The van der Waals surface area contributed by atoms with E-state index in [1.165, 1.54) is 12.1 Å². The molecule has 1 atom stereocenters. The van der Waals surface area contributed by atoms with E-state index in [0.717, 1.165) is 12.5 Å². The van der Waals surface area contributed by atoms with Crippen LogP contribution in [0, 0.1) is 0 Å². The summed E-state index contributed by atoms with van der Waals surface area (Å²) in [6, 6.07) is 5.74. The molecule has 16 heavy (non-hydrogen) atoms. The zero-order chi connectivity index (χ0) is 11.8. The number of alkyl halides is 4. The summed E-state index contributed by atoms with van der Waals surface area (Å²) < 4.78 is 38.3. The van der Waals surface area contributed by atoms with E-state index in [-0.39, 0.29) is 10.5 Å². The second-order valence-corrected chi connectivity index (χ2v) is 5.14. The molecule has 2 rings (SSSR count). The highest BCUT2D eigenvalue weighted by Crippen LogP contribution is 2.37. The van der Waals surface area contributed by atoms with Gasteiger partial charge in [-0.2, -0.15) is 13.2 Å². The van der Waals surface area contributed by atoms with Gasteiger partial charge in [0.15, 0.2) is 0 Å². The van der Waals surface area contributed by atoms with Crippen molar-refractivity contribution in [2.45, 2.75) is 17.4 Å². The molecule has 0 aliphatic carbocycles. The van der Waals surface area contributed by atoms with Crippen LogP contribution in [0.4, 0.5) is 18.9 Å². The molecule has 0 amide bonds. The van der Waals surface area contributed by atoms with E-state index in [4.69, 9.17) is 0 Å². The molecule has 0 radical (unpaired) electrons. The van der Waals surface area contributed by atoms with Crippen molar-refractivity contribution in [3.05, 3.63) is 29.8 Å². The minimum Gasteiger partial charge on any atom is -0.370 e. The maximum Gasteiger partial charge on any atom is 0.418 e. The molecule has 1 aromatic carbocycles. The first-order valence-electron chi connectivity index (χ1n) is 5.04. The first-order chi connectivity index (χ1) is 7.48. The smallest absolute Gasteiger partial charge is 0.370 e. The third-order valence-corrected chi connectivity index (χ3v) is 3.43. The molecule has 1 saturated heterocycles. The first kappa shape index (κ1) is 11.8. The van der Waals surface area contributed by atoms with Gasteiger partial charge >= 0.3 is 6.18 Å². The number of benzene rings is 1. The maximum atomic E-state index is 12.8. The van der Waals surface area contributed by atoms with Crippen molar-refractivity contribution in [2.75, 3.05) is 18.0 Å². The fourth-order valence-electron chi connectivity index (χ4n) is 1.93. The Kier molecular flexibility index (Phi) is 3.15. The van der Waals surface area contributed by atoms with Crippen LogP contribution in [0.3, 0.4) is 0 Å². The Morgan fingerprint density at radius 3 is 2.50 bits per heavy atom. The van der Waals surface area contributed by atoms with Crippen molar-refractivity contribution in [2.24, 2.45) is 0 Å². The van der Waals surface area contributed by atoms with E-state index >= 15 is 0 Å². The minimum absolute atomic E-state index is 0.286. The van der Waals surface area contributed by atoms with Crippen molar-refractivity contribution in [1.82, 2.24) is 0 Å². The Hall–Kier alpha value is -0.710. The summed E-state index contributed by atoms with van der Waals surface area (Å²) in [5.41, 5.74) is -0.256. The zero-order valence-electron chi connectivity index (χ0n) is 8.47. The second-order valence-electron chi connectivity index (χ2n) is 3.85. The summed E-state index contributed by atoms with van der Waals surface area (Å²) in [6.45, 7) is 1.30. The van der Waals surface area contributed by atoms with Crippen molar-refractivity contribution in [3.63, 3.8) is 0 Å². The summed E-state index contributed by atoms with van der Waals surface area (Å²) in [5, 5.41) is 0. The molecular formula is C11H11BrF3N. The number of hydrogen-bond acceptors (Lipinski definition) is 1. The summed E-state index contributed by atoms with van der Waals surface area (Å²) in [6.07, 6.45) is -3.40. The highest BCUT2D eigenvalue weighted by molar-refractivity contribution is 9.09. The molecule has 1 nitrogen and oxygen atoms in total. The summed E-state index contributed by atoms with van der Waals surface area (Å²) in [5.74, 6) is 0. The van der Waals surface area contributed by atoms with Gasteiger partial charge in [-0.3, -0.25) is 0 Å². The number of para-hydroxylation sites is 1. The number of hydrogen-bond donors (Lipinski definition) is 0. The molecule has 1 heterocycles. The van der Waals surface area contributed by atoms with E-state index < -0.39 is 11.7 Å². The molecule has 0 spiro atoms. The highest BCUT2D eigenvalue weighted by Gasteiger charge is 2.35. The van der Waals surface area contributed by atoms with Crippen LogP contribution in [0.15, 0.2) is 24.3 Å². The Bertz CT molecular complexity index is 378. The largest absolute Gasteiger partial charge is 0.418 e. The van der Waals surface area contributed by atoms with Crippen LogP contribution >= 0.6 is 15.9 Å². The number of halogens is 4. The standard InChI is InChI=1S/C11H11BrF3N/c12-8-5-6-16(7-8)10-4-2-1-3-9(10)11(13,14)15/h1-4,8H,5-7H2. The number of nitrogens with zero attached hydrogens (tertiary/aromatic N) is 1. The fourth-order valence-corrected chi connectivity index (χ4v) is 2.48. The van der Waals surface area contributed by atoms with E-state index in [9.17, 15) is 13.2 Å². The zero-order valence-corrected chi connectivity index (χ0v) is 10.1. The Morgan fingerprint density at radius 1 is 1.25 bits per heavy atom. The van der Waals surface area contributed by atoms with E-state index in [2.05, 4.69) is 15.9 Å². The van der Waals surface area contributed by atoms with Crippen LogP contribution in [0.25, 0.3) is 0 Å². The minimum atomic E-state index is -4.28. The Morgan fingerprint density at radius 2 is 1.94 bits per heavy atom. The van der Waals surface area contributed by atoms with Crippen LogP contribution in [-0.4, -0.2) is 17.9 Å². The molecule has 0 bridgehead atoms. The van der Waals surface area contributed by atoms with Gasteiger partial charge in [0.2, 0.25) is 0 Å². The van der Waals surface area contributed by atoms with Gasteiger partial charge in [-0.15, -0.1) is 0 Å². The van der Waals surface area contributed by atoms with Gasteiger partial charge < -0.3 is 4.90 Å². The molecule has 0 saturated carbocycles. The molecule has 0 aromatic heterocycles. The van der Waals surface area contributed by atoms with E-state index in [1.807, 2.05) is 0 Å². The summed E-state index contributed by atoms with van der Waals surface area (Å²) in [7, 11) is 0. The lowest BCUT2D eigenvalue weighted by molar-refractivity contribution is -0.137. The van der Waals surface area contributed by atoms with Gasteiger partial charge in [-0.05, 0) is 18.6 Å². The first-order valence-corrected chi connectivity index (χ1v) is 5.95. The predicted octanol–water partition coefficient (Wildman–Crippen LogP) is 3.68. The van der Waals surface area contributed by atoms with Gasteiger partial charge in [0.1, 0.15) is 0 Å². The molecule has 1 aliphatic heterocycles. The maximum absolute atomic E-state index is 12.8. The van der Waals surface area contributed by atoms with Gasteiger partial charge in [-0.1, -0.05) is 28.1 Å². The number of anilines is 1. The lowest BCUT2D eigenvalue weighted by Crippen LogP contribution is -2.23. The van der Waals surface area contributed by atoms with Gasteiger partial charge in [0.05, 0.1) is 5.56 Å². The molecular weight excluding hydrogens is 283 g/mol. The van der Waals surface area contributed by atoms with Crippen LogP contribution in [-0.2, 0) is 6.18 Å². The molecule has 1 aliphatic rings. The van der Waals surface area contributed by atoms with Crippen LogP contribution < -0.4 is 4.90 Å². The highest BCUT2D eigenvalue weighted by atomic mass is 79.9. The van der Waals surface area contributed by atoms with Gasteiger partial charge in [0, 0.05) is 23.6 Å². The summed E-state index contributed by atoms with van der Waals surface area (Å²) in [4.78, 5) is 2.07. The molecule has 0 N–H and O–H groups in total. The van der Waals surface area contributed by atoms with Crippen LogP contribution in [0.5, 0.6) is 0 Å². The topological polar surface area (TPSA) is 3.24 Å². The Labute approximate surface area is 100 Å². The van der Waals surface area contributed by atoms with Crippen LogP contribution in [0.1, 0.15) is 12.0 Å².